The average molecular weight is 406 g/mol. The Morgan fingerprint density at radius 2 is 1.79 bits per heavy atom. The minimum Gasteiger partial charge on any atom is -0.453 e. The predicted octanol–water partition coefficient (Wildman–Crippen LogP) is 3.96. The molecule has 1 N–H and O–H groups in total. The van der Waals surface area contributed by atoms with Gasteiger partial charge < -0.3 is 4.74 Å². The fourth-order valence-corrected chi connectivity index (χ4v) is 4.88. The summed E-state index contributed by atoms with van der Waals surface area (Å²) in [6.45, 7) is 0.804. The smallest absolute Gasteiger partial charge is 0.411 e. The summed E-state index contributed by atoms with van der Waals surface area (Å²) in [6.07, 6.45) is 1.93. The maximum absolute atomic E-state index is 13.2. The van der Waals surface area contributed by atoms with E-state index >= 15 is 0 Å². The van der Waals surface area contributed by atoms with Crippen molar-refractivity contribution < 1.29 is 22.3 Å². The van der Waals surface area contributed by atoms with E-state index in [1.165, 1.54) is 47.8 Å². The van der Waals surface area contributed by atoms with Crippen LogP contribution in [-0.4, -0.2) is 39.0 Å². The Labute approximate surface area is 164 Å². The number of nitrogens with zero attached hydrogens (tertiary/aromatic N) is 1. The first-order valence-corrected chi connectivity index (χ1v) is 10.5. The molecule has 3 rings (SSSR count). The molecule has 1 heterocycles. The topological polar surface area (TPSA) is 75.7 Å². The standard InChI is InChI=1S/C20H23FN2O4S/c1-27-20(24)22-18-9-11-19(12-10-18)28(25,26)23-13-3-2-4-16(14-23)15-5-7-17(21)8-6-15/h5-12,16H,2-4,13-14H2,1H3,(H,22,24). The molecule has 1 aliphatic heterocycles. The average Bonchev–Trinajstić information content (AvgIpc) is 2.96. The van der Waals surface area contributed by atoms with E-state index in [1.807, 2.05) is 0 Å². The molecule has 1 fully saturated rings. The van der Waals surface area contributed by atoms with E-state index in [9.17, 15) is 17.6 Å². The van der Waals surface area contributed by atoms with Crippen LogP contribution in [0, 0.1) is 5.82 Å². The lowest BCUT2D eigenvalue weighted by Gasteiger charge is -2.24. The van der Waals surface area contributed by atoms with Gasteiger partial charge in [0.05, 0.1) is 12.0 Å². The quantitative estimate of drug-likeness (QED) is 0.834. The number of benzene rings is 2. The first-order valence-electron chi connectivity index (χ1n) is 9.11. The molecule has 28 heavy (non-hydrogen) atoms. The monoisotopic (exact) mass is 406 g/mol. The van der Waals surface area contributed by atoms with Crippen molar-refractivity contribution in [3.63, 3.8) is 0 Å². The Bertz CT molecular complexity index is 914. The van der Waals surface area contributed by atoms with E-state index in [-0.39, 0.29) is 16.6 Å². The molecule has 6 nitrogen and oxygen atoms in total. The highest BCUT2D eigenvalue weighted by Crippen LogP contribution is 2.30. The normalized spacial score (nSPS) is 18.3. The molecule has 1 aliphatic rings. The molecule has 0 saturated carbocycles. The van der Waals surface area contributed by atoms with E-state index < -0.39 is 16.1 Å². The van der Waals surface area contributed by atoms with E-state index in [0.29, 0.717) is 18.8 Å². The summed E-state index contributed by atoms with van der Waals surface area (Å²) < 4.78 is 45.5. The van der Waals surface area contributed by atoms with Gasteiger partial charge in [-0.1, -0.05) is 18.6 Å². The third-order valence-corrected chi connectivity index (χ3v) is 6.78. The molecule has 0 spiro atoms. The van der Waals surface area contributed by atoms with Crippen molar-refractivity contribution in [1.29, 1.82) is 0 Å². The summed E-state index contributed by atoms with van der Waals surface area (Å²) in [5, 5.41) is 2.49. The number of rotatable bonds is 4. The number of methoxy groups -OCH3 is 1. The molecule has 1 amide bonds. The van der Waals surface area contributed by atoms with Crippen LogP contribution in [0.2, 0.25) is 0 Å². The van der Waals surface area contributed by atoms with E-state index in [2.05, 4.69) is 10.1 Å². The van der Waals surface area contributed by atoms with Crippen molar-refractivity contribution in [1.82, 2.24) is 4.31 Å². The number of nitrogens with one attached hydrogen (secondary N) is 1. The molecule has 1 unspecified atom stereocenters. The number of sulfonamides is 1. The van der Waals surface area contributed by atoms with Gasteiger partial charge in [-0.15, -0.1) is 0 Å². The summed E-state index contributed by atoms with van der Waals surface area (Å²) in [5.41, 5.74) is 1.40. The van der Waals surface area contributed by atoms with E-state index in [4.69, 9.17) is 0 Å². The summed E-state index contributed by atoms with van der Waals surface area (Å²) in [7, 11) is -2.41. The zero-order valence-electron chi connectivity index (χ0n) is 15.6. The highest BCUT2D eigenvalue weighted by atomic mass is 32.2. The zero-order chi connectivity index (χ0) is 20.1. The zero-order valence-corrected chi connectivity index (χ0v) is 16.4. The third-order valence-electron chi connectivity index (χ3n) is 4.90. The lowest BCUT2D eigenvalue weighted by molar-refractivity contribution is 0.187. The van der Waals surface area contributed by atoms with E-state index in [0.717, 1.165) is 24.8 Å². The highest BCUT2D eigenvalue weighted by Gasteiger charge is 2.29. The number of carbonyl (C=O) groups excluding carboxylic acids is 1. The largest absolute Gasteiger partial charge is 0.453 e. The van der Waals surface area contributed by atoms with Crippen molar-refractivity contribution in [2.45, 2.75) is 30.1 Å². The van der Waals surface area contributed by atoms with Crippen molar-refractivity contribution >= 4 is 21.8 Å². The molecule has 150 valence electrons. The second-order valence-electron chi connectivity index (χ2n) is 6.75. The molecular weight excluding hydrogens is 383 g/mol. The van der Waals surface area contributed by atoms with Crippen molar-refractivity contribution in [2.75, 3.05) is 25.5 Å². The van der Waals surface area contributed by atoms with Crippen LogP contribution in [0.3, 0.4) is 0 Å². The molecule has 0 aromatic heterocycles. The Kier molecular flexibility index (Phi) is 6.31. The number of hydrogen-bond acceptors (Lipinski definition) is 4. The van der Waals surface area contributed by atoms with Gasteiger partial charge in [0.2, 0.25) is 10.0 Å². The van der Waals surface area contributed by atoms with Gasteiger partial charge in [0.15, 0.2) is 0 Å². The van der Waals surface area contributed by atoms with Gasteiger partial charge in [-0.25, -0.2) is 17.6 Å². The van der Waals surface area contributed by atoms with Gasteiger partial charge in [0.1, 0.15) is 5.82 Å². The lowest BCUT2D eigenvalue weighted by atomic mass is 9.95. The summed E-state index contributed by atoms with van der Waals surface area (Å²) in [4.78, 5) is 11.4. The second-order valence-corrected chi connectivity index (χ2v) is 8.69. The SMILES string of the molecule is COC(=O)Nc1ccc(S(=O)(=O)N2CCCCC(c3ccc(F)cc3)C2)cc1. The van der Waals surface area contributed by atoms with Crippen molar-refractivity contribution in [2.24, 2.45) is 0 Å². The van der Waals surface area contributed by atoms with Crippen LogP contribution in [0.1, 0.15) is 30.7 Å². The first kappa shape index (κ1) is 20.3. The molecule has 1 atom stereocenters. The summed E-state index contributed by atoms with van der Waals surface area (Å²) in [5.74, 6) is -0.277. The van der Waals surface area contributed by atoms with Crippen LogP contribution < -0.4 is 5.32 Å². The number of anilines is 1. The second kappa shape index (κ2) is 8.70. The summed E-state index contributed by atoms with van der Waals surface area (Å²) in [6, 6.07) is 12.3. The maximum Gasteiger partial charge on any atom is 0.411 e. The predicted molar refractivity (Wildman–Crippen MR) is 104 cm³/mol. The molecule has 2 aromatic rings. The fourth-order valence-electron chi connectivity index (χ4n) is 3.36. The Morgan fingerprint density at radius 3 is 2.43 bits per heavy atom. The van der Waals surface area contributed by atoms with Crippen LogP contribution in [0.4, 0.5) is 14.9 Å². The number of amides is 1. The van der Waals surface area contributed by atoms with Gasteiger partial charge in [-0.05, 0) is 60.7 Å². The Morgan fingerprint density at radius 1 is 1.11 bits per heavy atom. The van der Waals surface area contributed by atoms with Gasteiger partial charge in [-0.2, -0.15) is 4.31 Å². The molecule has 8 heteroatoms. The third kappa shape index (κ3) is 4.69. The Hall–Kier alpha value is -2.45. The minimum atomic E-state index is -3.67. The minimum absolute atomic E-state index is 0.0261. The molecular formula is C20H23FN2O4S. The number of ether oxygens (including phenoxy) is 1. The molecule has 0 radical (unpaired) electrons. The number of halogens is 1. The maximum atomic E-state index is 13.2. The Balaban J connectivity index is 1.79. The molecule has 0 bridgehead atoms. The molecule has 1 saturated heterocycles. The van der Waals surface area contributed by atoms with Crippen LogP contribution in [-0.2, 0) is 14.8 Å². The molecule has 2 aromatic carbocycles. The van der Waals surface area contributed by atoms with Gasteiger partial charge in [-0.3, -0.25) is 5.32 Å². The van der Waals surface area contributed by atoms with Crippen LogP contribution in [0.25, 0.3) is 0 Å². The van der Waals surface area contributed by atoms with Crippen LogP contribution in [0.5, 0.6) is 0 Å². The highest BCUT2D eigenvalue weighted by molar-refractivity contribution is 7.89. The van der Waals surface area contributed by atoms with Gasteiger partial charge in [0.25, 0.3) is 0 Å². The van der Waals surface area contributed by atoms with Crippen LogP contribution in [0.15, 0.2) is 53.4 Å². The number of hydrogen-bond donors (Lipinski definition) is 1. The lowest BCUT2D eigenvalue weighted by Crippen LogP contribution is -2.34. The van der Waals surface area contributed by atoms with Crippen molar-refractivity contribution in [3.05, 3.63) is 59.9 Å². The van der Waals surface area contributed by atoms with Gasteiger partial charge >= 0.3 is 6.09 Å². The van der Waals surface area contributed by atoms with Crippen molar-refractivity contribution in [3.8, 4) is 0 Å². The van der Waals surface area contributed by atoms with Gasteiger partial charge in [0, 0.05) is 18.8 Å². The van der Waals surface area contributed by atoms with E-state index in [1.54, 1.807) is 12.1 Å². The fraction of sp³-hybridized carbons (Fsp3) is 0.350. The first-order chi connectivity index (χ1) is 13.4. The number of carbonyl (C=O) groups is 1. The van der Waals surface area contributed by atoms with Crippen LogP contribution >= 0.6 is 0 Å². The molecule has 0 aliphatic carbocycles. The summed E-state index contributed by atoms with van der Waals surface area (Å²) >= 11 is 0.